The van der Waals surface area contributed by atoms with E-state index in [-0.39, 0.29) is 12.8 Å². The topological polar surface area (TPSA) is 19.4 Å². The highest BCUT2D eigenvalue weighted by molar-refractivity contribution is 7.97. The molecular weight excluding hydrogens is 328 g/mol. The van der Waals surface area contributed by atoms with Gasteiger partial charge in [-0.2, -0.15) is 0 Å². The zero-order valence-corrected chi connectivity index (χ0v) is 15.8. The van der Waals surface area contributed by atoms with Crippen LogP contribution in [-0.2, 0) is 6.42 Å². The van der Waals surface area contributed by atoms with Crippen molar-refractivity contribution in [3.63, 3.8) is 0 Å². The molecule has 0 saturated carbocycles. The number of aryl methyl sites for hydroxylation is 1. The number of piperidine rings is 1. The van der Waals surface area contributed by atoms with Gasteiger partial charge in [0.2, 0.25) is 0 Å². The molecule has 3 rings (SSSR count). The van der Waals surface area contributed by atoms with E-state index in [2.05, 4.69) is 33.2 Å². The molecule has 0 aromatic carbocycles. The van der Waals surface area contributed by atoms with Crippen LogP contribution in [0, 0.1) is 0 Å². The van der Waals surface area contributed by atoms with Crippen molar-refractivity contribution in [3.05, 3.63) is 24.0 Å². The summed E-state index contributed by atoms with van der Waals surface area (Å²) in [5.74, 6) is -2.45. The van der Waals surface area contributed by atoms with Gasteiger partial charge in [0, 0.05) is 61.8 Å². The van der Waals surface area contributed by atoms with Crippen LogP contribution in [0.2, 0.25) is 0 Å². The molecule has 0 aliphatic carbocycles. The third-order valence-electron chi connectivity index (χ3n) is 4.57. The largest absolute Gasteiger partial charge is 0.299 e. The molecular formula is C18H29F2N3S. The lowest BCUT2D eigenvalue weighted by Crippen LogP contribution is -2.45. The zero-order valence-electron chi connectivity index (χ0n) is 15.0. The van der Waals surface area contributed by atoms with Crippen molar-refractivity contribution < 1.29 is 8.78 Å². The summed E-state index contributed by atoms with van der Waals surface area (Å²) in [4.78, 5) is 7.82. The van der Waals surface area contributed by atoms with Crippen molar-refractivity contribution in [2.45, 2.75) is 63.3 Å². The van der Waals surface area contributed by atoms with Crippen molar-refractivity contribution in [2.24, 2.45) is 0 Å². The molecule has 1 aromatic heterocycles. The second-order valence-electron chi connectivity index (χ2n) is 6.15. The summed E-state index contributed by atoms with van der Waals surface area (Å²) in [7, 11) is 0. The van der Waals surface area contributed by atoms with Crippen molar-refractivity contribution >= 4 is 11.9 Å². The number of halogens is 2. The van der Waals surface area contributed by atoms with E-state index in [1.165, 1.54) is 0 Å². The zero-order chi connectivity index (χ0) is 17.6. The molecule has 6 heteroatoms. The molecule has 1 unspecified atom stereocenters. The van der Waals surface area contributed by atoms with Crippen LogP contribution < -0.4 is 0 Å². The van der Waals surface area contributed by atoms with E-state index in [0.29, 0.717) is 19.1 Å². The highest BCUT2D eigenvalue weighted by atomic mass is 32.2. The third kappa shape index (κ3) is 5.39. The Kier molecular flexibility index (Phi) is 7.44. The average molecular weight is 358 g/mol. The van der Waals surface area contributed by atoms with Gasteiger partial charge in [-0.25, -0.2) is 13.1 Å². The molecule has 3 nitrogen and oxygen atoms in total. The number of nitrogens with zero attached hydrogens (tertiary/aromatic N) is 3. The van der Waals surface area contributed by atoms with E-state index in [4.69, 9.17) is 0 Å². The number of pyridine rings is 1. The van der Waals surface area contributed by atoms with Crippen molar-refractivity contribution in [2.75, 3.05) is 26.2 Å². The molecule has 1 atom stereocenters. The van der Waals surface area contributed by atoms with Crippen molar-refractivity contribution in [1.29, 1.82) is 0 Å². The number of rotatable bonds is 4. The van der Waals surface area contributed by atoms with Gasteiger partial charge in [0.1, 0.15) is 0 Å². The van der Waals surface area contributed by atoms with E-state index in [1.807, 2.05) is 20.0 Å². The molecule has 2 aliphatic heterocycles. The molecule has 2 saturated heterocycles. The van der Waals surface area contributed by atoms with E-state index >= 15 is 0 Å². The summed E-state index contributed by atoms with van der Waals surface area (Å²) < 4.78 is 28.8. The molecule has 24 heavy (non-hydrogen) atoms. The summed E-state index contributed by atoms with van der Waals surface area (Å²) in [5.41, 5.74) is 1.11. The summed E-state index contributed by atoms with van der Waals surface area (Å²) >= 11 is 1.73. The lowest BCUT2D eigenvalue weighted by Gasteiger charge is -2.35. The first-order valence-corrected chi connectivity index (χ1v) is 9.83. The second kappa shape index (κ2) is 9.11. The Morgan fingerprint density at radius 1 is 1.21 bits per heavy atom. The highest BCUT2D eigenvalue weighted by Crippen LogP contribution is 2.32. The number of aromatic nitrogens is 1. The van der Waals surface area contributed by atoms with Gasteiger partial charge in [0.05, 0.1) is 0 Å². The average Bonchev–Trinajstić information content (AvgIpc) is 3.06. The Morgan fingerprint density at radius 3 is 2.50 bits per heavy atom. The number of alkyl halides is 2. The standard InChI is InChI=1S/C16H23F2N3S.C2H6/c1-2-13-3-4-15(11-19-13)22-21-8-5-14(12-21)20-9-6-16(17,18)7-10-20;1-2/h3-4,11,14H,2,5-10,12H2,1H3;1-2H3. The molecule has 0 spiro atoms. The predicted molar refractivity (Wildman–Crippen MR) is 96.6 cm³/mol. The summed E-state index contributed by atoms with van der Waals surface area (Å²) in [6.45, 7) is 9.12. The van der Waals surface area contributed by atoms with Crippen LogP contribution in [0.25, 0.3) is 0 Å². The Bertz CT molecular complexity index is 486. The van der Waals surface area contributed by atoms with Crippen LogP contribution >= 0.6 is 11.9 Å². The summed E-state index contributed by atoms with van der Waals surface area (Å²) in [6.07, 6.45) is 3.98. The molecule has 136 valence electrons. The van der Waals surface area contributed by atoms with Gasteiger partial charge in [-0.3, -0.25) is 9.88 Å². The number of likely N-dealkylation sites (tertiary alicyclic amines) is 1. The minimum atomic E-state index is -2.45. The maximum absolute atomic E-state index is 13.2. The Labute approximate surface area is 148 Å². The van der Waals surface area contributed by atoms with Crippen LogP contribution in [0.4, 0.5) is 8.78 Å². The summed E-state index contributed by atoms with van der Waals surface area (Å²) in [5, 5.41) is 0. The molecule has 0 amide bonds. The number of hydrogen-bond donors (Lipinski definition) is 0. The lowest BCUT2D eigenvalue weighted by atomic mass is 10.0. The molecule has 1 aromatic rings. The van der Waals surface area contributed by atoms with E-state index in [9.17, 15) is 8.78 Å². The summed E-state index contributed by atoms with van der Waals surface area (Å²) in [6, 6.07) is 4.61. The maximum Gasteiger partial charge on any atom is 0.250 e. The first kappa shape index (κ1) is 19.6. The van der Waals surface area contributed by atoms with Crippen LogP contribution in [0.5, 0.6) is 0 Å². The normalized spacial score (nSPS) is 24.5. The van der Waals surface area contributed by atoms with Crippen molar-refractivity contribution in [1.82, 2.24) is 14.2 Å². The predicted octanol–water partition coefficient (Wildman–Crippen LogP) is 4.48. The van der Waals surface area contributed by atoms with Gasteiger partial charge in [0.25, 0.3) is 5.92 Å². The lowest BCUT2D eigenvalue weighted by molar-refractivity contribution is -0.0617. The monoisotopic (exact) mass is 357 g/mol. The first-order valence-electron chi connectivity index (χ1n) is 9.05. The molecule has 2 aliphatic rings. The Balaban J connectivity index is 0.00000100. The second-order valence-corrected chi connectivity index (χ2v) is 7.32. The minimum Gasteiger partial charge on any atom is -0.299 e. The molecule has 0 radical (unpaired) electrons. The van der Waals surface area contributed by atoms with Gasteiger partial charge in [0.15, 0.2) is 0 Å². The van der Waals surface area contributed by atoms with E-state index < -0.39 is 5.92 Å². The van der Waals surface area contributed by atoms with E-state index in [1.54, 1.807) is 11.9 Å². The van der Waals surface area contributed by atoms with Crippen molar-refractivity contribution in [3.8, 4) is 0 Å². The fraction of sp³-hybridized carbons (Fsp3) is 0.722. The SMILES string of the molecule is CC.CCc1ccc(SN2CCC(N3CCC(F)(F)CC3)C2)cn1. The third-order valence-corrected chi connectivity index (χ3v) is 5.61. The Morgan fingerprint density at radius 2 is 1.92 bits per heavy atom. The van der Waals surface area contributed by atoms with Gasteiger partial charge < -0.3 is 0 Å². The first-order chi connectivity index (χ1) is 11.6. The van der Waals surface area contributed by atoms with Gasteiger partial charge in [-0.1, -0.05) is 20.8 Å². The van der Waals surface area contributed by atoms with Gasteiger partial charge >= 0.3 is 0 Å². The smallest absolute Gasteiger partial charge is 0.250 e. The van der Waals surface area contributed by atoms with Crippen LogP contribution in [0.1, 0.15) is 45.7 Å². The molecule has 0 bridgehead atoms. The molecule has 0 N–H and O–H groups in total. The van der Waals surface area contributed by atoms with Crippen LogP contribution in [0.3, 0.4) is 0 Å². The fourth-order valence-electron chi connectivity index (χ4n) is 3.13. The highest BCUT2D eigenvalue weighted by Gasteiger charge is 2.38. The molecule has 2 fully saturated rings. The minimum absolute atomic E-state index is 0.0129. The quantitative estimate of drug-likeness (QED) is 0.740. The maximum atomic E-state index is 13.2. The number of hydrogen-bond acceptors (Lipinski definition) is 4. The van der Waals surface area contributed by atoms with E-state index in [0.717, 1.165) is 36.5 Å². The Hall–Kier alpha value is -0.720. The van der Waals surface area contributed by atoms with Gasteiger partial charge in [-0.15, -0.1) is 0 Å². The van der Waals surface area contributed by atoms with Crippen LogP contribution in [-0.4, -0.2) is 52.3 Å². The van der Waals surface area contributed by atoms with Gasteiger partial charge in [-0.05, 0) is 36.9 Å². The van der Waals surface area contributed by atoms with Crippen LogP contribution in [0.15, 0.2) is 23.2 Å². The molecule has 3 heterocycles. The fourth-order valence-corrected chi connectivity index (χ4v) is 4.10.